The van der Waals surface area contributed by atoms with Gasteiger partial charge in [0.1, 0.15) is 11.5 Å². The lowest BCUT2D eigenvalue weighted by Crippen LogP contribution is -1.96. The molecule has 0 amide bonds. The normalized spacial score (nSPS) is 11.4. The molecule has 116 valence electrons. The van der Waals surface area contributed by atoms with E-state index in [1.807, 2.05) is 6.92 Å². The molecule has 1 aromatic carbocycles. The Hall–Kier alpha value is -2.80. The van der Waals surface area contributed by atoms with Gasteiger partial charge < -0.3 is 5.11 Å². The quantitative estimate of drug-likeness (QED) is 0.714. The molecule has 6 nitrogen and oxygen atoms in total. The standard InChI is InChI=1S/C15H10ClFN4O2/c1-8-2-3-9(16)6-11(8)19-20-14-13(15(22)23)18-12-5-4-10(17)7-21(12)14/h2-7H,1H3,(H,22,23). The van der Waals surface area contributed by atoms with Crippen molar-refractivity contribution >= 4 is 34.7 Å². The summed E-state index contributed by atoms with van der Waals surface area (Å²) in [7, 11) is 0. The van der Waals surface area contributed by atoms with Crippen LogP contribution in [-0.2, 0) is 0 Å². The van der Waals surface area contributed by atoms with Crippen molar-refractivity contribution in [3.05, 3.63) is 58.6 Å². The number of hydrogen-bond acceptors (Lipinski definition) is 4. The van der Waals surface area contributed by atoms with Gasteiger partial charge >= 0.3 is 5.97 Å². The lowest BCUT2D eigenvalue weighted by atomic mass is 10.2. The smallest absolute Gasteiger partial charge is 0.358 e. The molecule has 0 bridgehead atoms. The highest BCUT2D eigenvalue weighted by Gasteiger charge is 2.18. The van der Waals surface area contributed by atoms with Crippen molar-refractivity contribution < 1.29 is 14.3 Å². The van der Waals surface area contributed by atoms with Crippen molar-refractivity contribution in [2.45, 2.75) is 6.92 Å². The molecule has 0 saturated heterocycles. The van der Waals surface area contributed by atoms with Gasteiger partial charge in [0.2, 0.25) is 0 Å². The fourth-order valence-corrected chi connectivity index (χ4v) is 2.20. The molecular weight excluding hydrogens is 323 g/mol. The van der Waals surface area contributed by atoms with E-state index in [0.717, 1.165) is 11.8 Å². The van der Waals surface area contributed by atoms with Gasteiger partial charge in [-0.15, -0.1) is 10.2 Å². The number of carboxylic acid groups (broad SMARTS) is 1. The van der Waals surface area contributed by atoms with Crippen LogP contribution in [0.1, 0.15) is 16.1 Å². The highest BCUT2D eigenvalue weighted by molar-refractivity contribution is 6.30. The third-order valence-electron chi connectivity index (χ3n) is 3.18. The minimum absolute atomic E-state index is 0.0635. The van der Waals surface area contributed by atoms with E-state index in [4.69, 9.17) is 11.6 Å². The first-order chi connectivity index (χ1) is 11.0. The Morgan fingerprint density at radius 3 is 2.83 bits per heavy atom. The number of pyridine rings is 1. The highest BCUT2D eigenvalue weighted by atomic mass is 35.5. The van der Waals surface area contributed by atoms with Crippen molar-refractivity contribution in [1.82, 2.24) is 9.38 Å². The van der Waals surface area contributed by atoms with Gasteiger partial charge in [0.05, 0.1) is 5.69 Å². The van der Waals surface area contributed by atoms with Crippen molar-refractivity contribution in [2.24, 2.45) is 10.2 Å². The Morgan fingerprint density at radius 1 is 1.30 bits per heavy atom. The first-order valence-electron chi connectivity index (χ1n) is 6.54. The number of azo groups is 1. The molecule has 1 N–H and O–H groups in total. The highest BCUT2D eigenvalue weighted by Crippen LogP contribution is 2.28. The molecule has 0 spiro atoms. The van der Waals surface area contributed by atoms with Crippen LogP contribution >= 0.6 is 11.6 Å². The molecule has 0 atom stereocenters. The minimum Gasteiger partial charge on any atom is -0.476 e. The van der Waals surface area contributed by atoms with E-state index in [2.05, 4.69) is 15.2 Å². The fourth-order valence-electron chi connectivity index (χ4n) is 2.04. The number of carboxylic acids is 1. The lowest BCUT2D eigenvalue weighted by molar-refractivity contribution is 0.0692. The monoisotopic (exact) mass is 332 g/mol. The number of carbonyl (C=O) groups is 1. The summed E-state index contributed by atoms with van der Waals surface area (Å²) in [5.41, 5.74) is 1.26. The number of halogens is 2. The van der Waals surface area contributed by atoms with Crippen LogP contribution in [0.4, 0.5) is 15.9 Å². The van der Waals surface area contributed by atoms with Crippen LogP contribution in [0.3, 0.4) is 0 Å². The maximum Gasteiger partial charge on any atom is 0.358 e. The molecule has 0 unspecified atom stereocenters. The Labute approximate surface area is 134 Å². The number of fused-ring (bicyclic) bond motifs is 1. The average Bonchev–Trinajstić information content (AvgIpc) is 2.86. The number of aromatic nitrogens is 2. The minimum atomic E-state index is -1.27. The van der Waals surface area contributed by atoms with E-state index in [1.54, 1.807) is 18.2 Å². The van der Waals surface area contributed by atoms with Gasteiger partial charge in [-0.2, -0.15) is 0 Å². The zero-order valence-electron chi connectivity index (χ0n) is 11.9. The molecule has 0 aliphatic heterocycles. The summed E-state index contributed by atoms with van der Waals surface area (Å²) in [6.07, 6.45) is 1.11. The molecule has 3 rings (SSSR count). The Bertz CT molecular complexity index is 952. The van der Waals surface area contributed by atoms with Crippen molar-refractivity contribution in [2.75, 3.05) is 0 Å². The summed E-state index contributed by atoms with van der Waals surface area (Å²) in [5, 5.41) is 17.7. The number of rotatable bonds is 3. The van der Waals surface area contributed by atoms with Crippen LogP contribution in [0.15, 0.2) is 46.8 Å². The van der Waals surface area contributed by atoms with Crippen LogP contribution in [0, 0.1) is 12.7 Å². The van der Waals surface area contributed by atoms with Gasteiger partial charge in [-0.25, -0.2) is 14.2 Å². The van der Waals surface area contributed by atoms with Crippen LogP contribution in [0.25, 0.3) is 5.65 Å². The molecule has 0 aliphatic rings. The molecule has 2 aromatic heterocycles. The molecule has 23 heavy (non-hydrogen) atoms. The van der Waals surface area contributed by atoms with E-state index >= 15 is 0 Å². The summed E-state index contributed by atoms with van der Waals surface area (Å²) in [6, 6.07) is 7.64. The maximum absolute atomic E-state index is 13.4. The van der Waals surface area contributed by atoms with Crippen molar-refractivity contribution in [3.63, 3.8) is 0 Å². The van der Waals surface area contributed by atoms with Gasteiger partial charge in [-0.1, -0.05) is 17.7 Å². The molecule has 8 heteroatoms. The van der Waals surface area contributed by atoms with Crippen LogP contribution in [0.2, 0.25) is 5.02 Å². The second-order valence-corrected chi connectivity index (χ2v) is 5.23. The van der Waals surface area contributed by atoms with E-state index in [-0.39, 0.29) is 17.2 Å². The number of nitrogens with zero attached hydrogens (tertiary/aromatic N) is 4. The molecule has 0 aliphatic carbocycles. The van der Waals surface area contributed by atoms with E-state index in [9.17, 15) is 14.3 Å². The first kappa shape index (κ1) is 15.1. The third-order valence-corrected chi connectivity index (χ3v) is 3.42. The second kappa shape index (κ2) is 5.77. The van der Waals surface area contributed by atoms with Crippen LogP contribution in [0.5, 0.6) is 0 Å². The van der Waals surface area contributed by atoms with Gasteiger partial charge in [-0.05, 0) is 36.8 Å². The van der Waals surface area contributed by atoms with Crippen LogP contribution in [-0.4, -0.2) is 20.5 Å². The number of aryl methyl sites for hydroxylation is 1. The fraction of sp³-hybridized carbons (Fsp3) is 0.0667. The Kier molecular flexibility index (Phi) is 3.79. The largest absolute Gasteiger partial charge is 0.476 e. The summed E-state index contributed by atoms with van der Waals surface area (Å²) in [4.78, 5) is 15.2. The maximum atomic E-state index is 13.4. The Morgan fingerprint density at radius 2 is 2.09 bits per heavy atom. The molecule has 0 fully saturated rings. The zero-order valence-corrected chi connectivity index (χ0v) is 12.6. The third kappa shape index (κ3) is 2.91. The lowest BCUT2D eigenvalue weighted by Gasteiger charge is -2.00. The Balaban J connectivity index is 2.16. The van der Waals surface area contributed by atoms with E-state index in [1.165, 1.54) is 16.5 Å². The summed E-state index contributed by atoms with van der Waals surface area (Å²) in [5.74, 6) is -1.88. The van der Waals surface area contributed by atoms with Crippen molar-refractivity contribution in [3.8, 4) is 0 Å². The molecule has 0 saturated carbocycles. The van der Waals surface area contributed by atoms with Gasteiger partial charge in [0.15, 0.2) is 11.5 Å². The predicted molar refractivity (Wildman–Crippen MR) is 82.5 cm³/mol. The molecule has 2 heterocycles. The predicted octanol–water partition coefficient (Wildman–Crippen LogP) is 4.55. The number of aromatic carboxylic acids is 1. The SMILES string of the molecule is Cc1ccc(Cl)cc1N=Nc1c(C(=O)O)nc2ccc(F)cn12. The van der Waals surface area contributed by atoms with E-state index < -0.39 is 11.8 Å². The molecule has 0 radical (unpaired) electrons. The van der Waals surface area contributed by atoms with Gasteiger partial charge in [-0.3, -0.25) is 4.40 Å². The van der Waals surface area contributed by atoms with Gasteiger partial charge in [0.25, 0.3) is 0 Å². The molecular formula is C15H10ClFN4O2. The number of hydrogen-bond donors (Lipinski definition) is 1. The van der Waals surface area contributed by atoms with Crippen LogP contribution < -0.4 is 0 Å². The summed E-state index contributed by atoms with van der Waals surface area (Å²) >= 11 is 5.91. The first-order valence-corrected chi connectivity index (χ1v) is 6.92. The number of benzene rings is 1. The summed E-state index contributed by atoms with van der Waals surface area (Å²) < 4.78 is 14.7. The van der Waals surface area contributed by atoms with E-state index in [0.29, 0.717) is 10.7 Å². The molecule has 3 aromatic rings. The van der Waals surface area contributed by atoms with Crippen molar-refractivity contribution in [1.29, 1.82) is 0 Å². The average molecular weight is 333 g/mol. The topological polar surface area (TPSA) is 79.3 Å². The van der Waals surface area contributed by atoms with Gasteiger partial charge in [0, 0.05) is 11.2 Å². The zero-order chi connectivity index (χ0) is 16.6. The second-order valence-electron chi connectivity index (χ2n) is 4.80. The summed E-state index contributed by atoms with van der Waals surface area (Å²) in [6.45, 7) is 1.82. The number of imidazole rings is 1.